The Hall–Kier alpha value is 0.0569. The van der Waals surface area contributed by atoms with Gasteiger partial charge in [0.15, 0.2) is 0 Å². The third kappa shape index (κ3) is 5.72. The summed E-state index contributed by atoms with van der Waals surface area (Å²) in [6, 6.07) is 1.03. The van der Waals surface area contributed by atoms with Gasteiger partial charge in [-0.2, -0.15) is 0 Å². The quantitative estimate of drug-likeness (QED) is 0.362. The highest BCUT2D eigenvalue weighted by Gasteiger charge is 2.30. The second kappa shape index (κ2) is 7.36. The Morgan fingerprint density at radius 3 is 2.36 bits per heavy atom. The molecule has 3 N–H and O–H groups in total. The predicted octanol–water partition coefficient (Wildman–Crippen LogP) is 0.883. The first-order valence-corrected chi connectivity index (χ1v) is 7.61. The molecule has 0 amide bonds. The van der Waals surface area contributed by atoms with Crippen molar-refractivity contribution in [2.45, 2.75) is 25.9 Å². The summed E-state index contributed by atoms with van der Waals surface area (Å²) in [4.78, 5) is 0. The molecule has 0 rings (SSSR count). The second-order valence-electron chi connectivity index (χ2n) is 3.84. The van der Waals surface area contributed by atoms with Gasteiger partial charge in [0.2, 0.25) is 0 Å². The molecule has 1 unspecified atom stereocenters. The van der Waals surface area contributed by atoms with Gasteiger partial charge in [-0.1, -0.05) is 6.92 Å². The Bertz CT molecular complexity index is 143. The van der Waals surface area contributed by atoms with Crippen molar-refractivity contribution in [3.05, 3.63) is 0 Å². The van der Waals surface area contributed by atoms with Crippen LogP contribution in [0.25, 0.3) is 0 Å². The van der Waals surface area contributed by atoms with Crippen LogP contribution in [0.3, 0.4) is 0 Å². The number of hydrogen-bond donors (Lipinski definition) is 2. The summed E-state index contributed by atoms with van der Waals surface area (Å²) in [5.74, 6) is 0.616. The van der Waals surface area contributed by atoms with Crippen molar-refractivity contribution in [3.8, 4) is 0 Å². The molecule has 0 saturated heterocycles. The Balaban J connectivity index is 3.73. The normalized spacial score (nSPS) is 14.4. The van der Waals surface area contributed by atoms with E-state index in [-0.39, 0.29) is 0 Å². The lowest BCUT2D eigenvalue weighted by Crippen LogP contribution is -2.38. The van der Waals surface area contributed by atoms with Crippen LogP contribution in [-0.4, -0.2) is 36.0 Å². The molecule has 0 aliphatic carbocycles. The Morgan fingerprint density at radius 2 is 1.93 bits per heavy atom. The van der Waals surface area contributed by atoms with E-state index in [4.69, 9.17) is 14.6 Å². The molecule has 86 valence electrons. The van der Waals surface area contributed by atoms with Crippen LogP contribution in [0.15, 0.2) is 0 Å². The van der Waals surface area contributed by atoms with Crippen molar-refractivity contribution in [2.75, 3.05) is 27.4 Å². The summed E-state index contributed by atoms with van der Waals surface area (Å²) < 4.78 is 10.9. The van der Waals surface area contributed by atoms with Gasteiger partial charge in [-0.3, -0.25) is 0 Å². The van der Waals surface area contributed by atoms with Crippen LogP contribution in [0, 0.1) is 5.92 Å². The molecule has 0 saturated carbocycles. The van der Waals surface area contributed by atoms with Gasteiger partial charge in [0.05, 0.1) is 0 Å². The molecule has 0 bridgehead atoms. The van der Waals surface area contributed by atoms with Crippen molar-refractivity contribution >= 4 is 8.56 Å². The first-order valence-electron chi connectivity index (χ1n) is 5.09. The van der Waals surface area contributed by atoms with E-state index in [2.05, 4.69) is 18.8 Å². The molecule has 5 heteroatoms. The van der Waals surface area contributed by atoms with Gasteiger partial charge in [-0.15, -0.1) is 0 Å². The molecule has 0 radical (unpaired) electrons. The maximum atomic E-state index is 5.44. The largest absolute Gasteiger partial charge is 0.398 e. The molecule has 4 nitrogen and oxygen atoms in total. The highest BCUT2D eigenvalue weighted by atomic mass is 28.4. The predicted molar refractivity (Wildman–Crippen MR) is 61.3 cm³/mol. The molecule has 1 atom stereocenters. The molecule has 0 aliphatic rings. The SMILES string of the molecule is CO[Si](C)(CC(C)CCNCN)OC. The minimum Gasteiger partial charge on any atom is -0.398 e. The maximum absolute atomic E-state index is 5.44. The van der Waals surface area contributed by atoms with E-state index in [1.165, 1.54) is 0 Å². The molecule has 0 aromatic carbocycles. The monoisotopic (exact) mass is 220 g/mol. The molecular weight excluding hydrogens is 196 g/mol. The number of nitrogens with one attached hydrogen (secondary N) is 1. The Morgan fingerprint density at radius 1 is 1.36 bits per heavy atom. The minimum atomic E-state index is -1.88. The van der Waals surface area contributed by atoms with E-state index in [1.807, 2.05) is 0 Å². The molecule has 0 aromatic heterocycles. The molecule has 0 spiro atoms. The zero-order chi connectivity index (χ0) is 11.0. The third-order valence-electron chi connectivity index (χ3n) is 2.54. The highest BCUT2D eigenvalue weighted by molar-refractivity contribution is 6.65. The lowest BCUT2D eigenvalue weighted by molar-refractivity contribution is 0.241. The summed E-state index contributed by atoms with van der Waals surface area (Å²) in [6.07, 6.45) is 1.12. The smallest absolute Gasteiger partial charge is 0.334 e. The topological polar surface area (TPSA) is 56.5 Å². The van der Waals surface area contributed by atoms with Crippen molar-refractivity contribution in [3.63, 3.8) is 0 Å². The standard InChI is InChI=1S/C9H24N2O2Si/c1-9(5-6-11-8-10)7-14(4,12-2)13-3/h9,11H,5-8,10H2,1-4H3. The van der Waals surface area contributed by atoms with Gasteiger partial charge in [-0.05, 0) is 31.5 Å². The lowest BCUT2D eigenvalue weighted by atomic mass is 10.1. The van der Waals surface area contributed by atoms with Crippen LogP contribution < -0.4 is 11.1 Å². The lowest BCUT2D eigenvalue weighted by Gasteiger charge is -2.26. The molecule has 0 heterocycles. The number of rotatable bonds is 8. The van der Waals surface area contributed by atoms with Crippen molar-refractivity contribution < 1.29 is 8.85 Å². The zero-order valence-electron chi connectivity index (χ0n) is 9.80. The summed E-state index contributed by atoms with van der Waals surface area (Å²) >= 11 is 0. The summed E-state index contributed by atoms with van der Waals surface area (Å²) in [7, 11) is 1.59. The summed E-state index contributed by atoms with van der Waals surface area (Å²) in [5, 5.41) is 3.11. The van der Waals surface area contributed by atoms with E-state index >= 15 is 0 Å². The zero-order valence-corrected chi connectivity index (χ0v) is 10.8. The maximum Gasteiger partial charge on any atom is 0.334 e. The molecule has 0 fully saturated rings. The average Bonchev–Trinajstić information content (AvgIpc) is 2.18. The van der Waals surface area contributed by atoms with Gasteiger partial charge in [0.1, 0.15) is 0 Å². The second-order valence-corrected chi connectivity index (χ2v) is 7.34. The minimum absolute atomic E-state index is 0.552. The highest BCUT2D eigenvalue weighted by Crippen LogP contribution is 2.20. The third-order valence-corrected chi connectivity index (χ3v) is 5.71. The van der Waals surface area contributed by atoms with Gasteiger partial charge >= 0.3 is 8.56 Å². The fourth-order valence-corrected chi connectivity index (χ4v) is 3.41. The molecular formula is C9H24N2O2Si. The summed E-state index contributed by atoms with van der Waals surface area (Å²) in [5.41, 5.74) is 5.34. The number of nitrogens with two attached hydrogens (primary N) is 1. The number of hydrogen-bond acceptors (Lipinski definition) is 4. The van der Waals surface area contributed by atoms with Crippen LogP contribution in [0.5, 0.6) is 0 Å². The van der Waals surface area contributed by atoms with Crippen LogP contribution in [-0.2, 0) is 8.85 Å². The van der Waals surface area contributed by atoms with Crippen molar-refractivity contribution in [1.29, 1.82) is 0 Å². The van der Waals surface area contributed by atoms with E-state index in [9.17, 15) is 0 Å². The van der Waals surface area contributed by atoms with Gasteiger partial charge in [0, 0.05) is 20.9 Å². The van der Waals surface area contributed by atoms with Crippen molar-refractivity contribution in [2.24, 2.45) is 11.7 Å². The average molecular weight is 220 g/mol. The van der Waals surface area contributed by atoms with Crippen LogP contribution in [0.1, 0.15) is 13.3 Å². The first kappa shape index (κ1) is 14.1. The van der Waals surface area contributed by atoms with E-state index < -0.39 is 8.56 Å². The molecule has 0 aliphatic heterocycles. The Kier molecular flexibility index (Phi) is 7.39. The molecule has 0 aromatic rings. The first-order chi connectivity index (χ1) is 6.58. The van der Waals surface area contributed by atoms with Gasteiger partial charge in [0.25, 0.3) is 0 Å². The van der Waals surface area contributed by atoms with Gasteiger partial charge in [-0.25, -0.2) is 0 Å². The van der Waals surface area contributed by atoms with E-state index in [1.54, 1.807) is 14.2 Å². The summed E-state index contributed by atoms with van der Waals surface area (Å²) in [6.45, 7) is 5.84. The van der Waals surface area contributed by atoms with E-state index in [0.717, 1.165) is 19.0 Å². The Labute approximate surface area is 88.4 Å². The van der Waals surface area contributed by atoms with Crippen LogP contribution in [0.4, 0.5) is 0 Å². The fraction of sp³-hybridized carbons (Fsp3) is 1.00. The molecule has 14 heavy (non-hydrogen) atoms. The van der Waals surface area contributed by atoms with Crippen LogP contribution in [0.2, 0.25) is 12.6 Å². The van der Waals surface area contributed by atoms with Gasteiger partial charge < -0.3 is 19.9 Å². The van der Waals surface area contributed by atoms with Crippen molar-refractivity contribution in [1.82, 2.24) is 5.32 Å². The van der Waals surface area contributed by atoms with E-state index in [0.29, 0.717) is 12.6 Å². The van der Waals surface area contributed by atoms with Crippen LogP contribution >= 0.6 is 0 Å². The fourth-order valence-electron chi connectivity index (χ4n) is 1.44.